The maximum atomic E-state index is 13.2. The molecule has 1 unspecified atom stereocenters. The summed E-state index contributed by atoms with van der Waals surface area (Å²) in [4.78, 5) is 13.2. The Morgan fingerprint density at radius 2 is 2.21 bits per heavy atom. The molecule has 14 heavy (non-hydrogen) atoms. The molecule has 1 rings (SSSR count). The van der Waals surface area contributed by atoms with Gasteiger partial charge < -0.3 is 4.90 Å². The average Bonchev–Trinajstić information content (AvgIpc) is 2.33. The summed E-state index contributed by atoms with van der Waals surface area (Å²) in [5.41, 5.74) is 0. The largest absolute Gasteiger partial charge is 0.340 e. The minimum atomic E-state index is -1.24. The fourth-order valence-corrected chi connectivity index (χ4v) is 1.83. The van der Waals surface area contributed by atoms with Crippen LogP contribution < -0.4 is 0 Å². The van der Waals surface area contributed by atoms with Crippen LogP contribution in [0.3, 0.4) is 0 Å². The molecule has 3 heteroatoms. The molecule has 82 valence electrons. The second-order valence-corrected chi connectivity index (χ2v) is 4.00. The second kappa shape index (κ2) is 5.99. The Balaban J connectivity index is 2.36. The van der Waals surface area contributed by atoms with E-state index in [0.29, 0.717) is 6.42 Å². The van der Waals surface area contributed by atoms with Crippen molar-refractivity contribution in [2.75, 3.05) is 13.1 Å². The summed E-state index contributed by atoms with van der Waals surface area (Å²) in [5.74, 6) is -0.279. The molecule has 1 heterocycles. The molecule has 0 N–H and O–H groups in total. The number of nitrogens with zero attached hydrogens (tertiary/aromatic N) is 1. The van der Waals surface area contributed by atoms with E-state index in [-0.39, 0.29) is 5.91 Å². The van der Waals surface area contributed by atoms with Crippen LogP contribution in [0.15, 0.2) is 0 Å². The van der Waals surface area contributed by atoms with E-state index >= 15 is 0 Å². The Kier molecular flexibility index (Phi) is 4.91. The maximum Gasteiger partial charge on any atom is 0.257 e. The molecule has 1 aliphatic heterocycles. The van der Waals surface area contributed by atoms with Gasteiger partial charge in [-0.3, -0.25) is 4.79 Å². The third kappa shape index (κ3) is 3.28. The third-order valence-electron chi connectivity index (χ3n) is 2.75. The second-order valence-electron chi connectivity index (χ2n) is 4.00. The quantitative estimate of drug-likeness (QED) is 0.640. The molecule has 1 saturated heterocycles. The number of carbonyl (C=O) groups is 1. The Labute approximate surface area is 85.5 Å². The predicted octanol–water partition coefficient (Wildman–Crippen LogP) is 2.53. The van der Waals surface area contributed by atoms with E-state index < -0.39 is 6.17 Å². The Hall–Kier alpha value is -0.600. The van der Waals surface area contributed by atoms with Crippen molar-refractivity contribution in [1.82, 2.24) is 4.90 Å². The van der Waals surface area contributed by atoms with Gasteiger partial charge in [0.25, 0.3) is 5.91 Å². The number of alkyl halides is 1. The summed E-state index contributed by atoms with van der Waals surface area (Å²) in [6.45, 7) is 3.62. The van der Waals surface area contributed by atoms with E-state index in [0.717, 1.165) is 45.2 Å². The molecule has 0 aliphatic carbocycles. The lowest BCUT2D eigenvalue weighted by Gasteiger charge is -2.21. The SMILES string of the molecule is CCCCCN1CCCCC(F)C1=O. The molecule has 0 aromatic carbocycles. The van der Waals surface area contributed by atoms with Gasteiger partial charge in [0.05, 0.1) is 0 Å². The molecular weight excluding hydrogens is 181 g/mol. The normalized spacial score (nSPS) is 23.7. The highest BCUT2D eigenvalue weighted by Crippen LogP contribution is 2.15. The molecule has 0 saturated carbocycles. The highest BCUT2D eigenvalue weighted by molar-refractivity contribution is 5.80. The summed E-state index contributed by atoms with van der Waals surface area (Å²) in [6, 6.07) is 0. The minimum absolute atomic E-state index is 0.279. The van der Waals surface area contributed by atoms with Gasteiger partial charge in [0.2, 0.25) is 0 Å². The van der Waals surface area contributed by atoms with Crippen molar-refractivity contribution in [3.63, 3.8) is 0 Å². The number of carbonyl (C=O) groups excluding carboxylic acids is 1. The van der Waals surface area contributed by atoms with E-state index in [1.54, 1.807) is 4.90 Å². The monoisotopic (exact) mass is 201 g/mol. The van der Waals surface area contributed by atoms with Crippen LogP contribution in [0.25, 0.3) is 0 Å². The molecule has 0 aromatic rings. The first kappa shape index (κ1) is 11.5. The van der Waals surface area contributed by atoms with Crippen molar-refractivity contribution in [3.8, 4) is 0 Å². The molecule has 0 spiro atoms. The number of amides is 1. The molecule has 1 fully saturated rings. The molecule has 1 aliphatic rings. The number of hydrogen-bond acceptors (Lipinski definition) is 1. The lowest BCUT2D eigenvalue weighted by molar-refractivity contribution is -0.135. The highest BCUT2D eigenvalue weighted by Gasteiger charge is 2.25. The first-order chi connectivity index (χ1) is 6.75. The topological polar surface area (TPSA) is 20.3 Å². The van der Waals surface area contributed by atoms with Crippen LogP contribution in [0.5, 0.6) is 0 Å². The number of unbranched alkanes of at least 4 members (excludes halogenated alkanes) is 2. The van der Waals surface area contributed by atoms with Crippen molar-refractivity contribution >= 4 is 5.91 Å². The first-order valence-electron chi connectivity index (χ1n) is 5.68. The summed E-state index contributed by atoms with van der Waals surface area (Å²) >= 11 is 0. The number of likely N-dealkylation sites (tertiary alicyclic amines) is 1. The van der Waals surface area contributed by atoms with Crippen molar-refractivity contribution in [2.45, 2.75) is 51.6 Å². The molecule has 0 radical (unpaired) electrons. The van der Waals surface area contributed by atoms with Gasteiger partial charge in [-0.05, 0) is 25.7 Å². The fourth-order valence-electron chi connectivity index (χ4n) is 1.83. The van der Waals surface area contributed by atoms with E-state index in [1.807, 2.05) is 0 Å². The summed E-state index contributed by atoms with van der Waals surface area (Å²) < 4.78 is 13.2. The fraction of sp³-hybridized carbons (Fsp3) is 0.909. The maximum absolute atomic E-state index is 13.2. The zero-order valence-electron chi connectivity index (χ0n) is 8.97. The summed E-state index contributed by atoms with van der Waals surface area (Å²) in [6.07, 6.45) is 4.26. The van der Waals surface area contributed by atoms with Crippen LogP contribution in [0.1, 0.15) is 45.4 Å². The molecule has 2 nitrogen and oxygen atoms in total. The molecule has 0 bridgehead atoms. The standard InChI is InChI=1S/C11H20FNO/c1-2-3-5-8-13-9-6-4-7-10(12)11(13)14/h10H,2-9H2,1H3. The van der Waals surface area contributed by atoms with Gasteiger partial charge in [0.15, 0.2) is 6.17 Å². The smallest absolute Gasteiger partial charge is 0.257 e. The van der Waals surface area contributed by atoms with E-state index in [2.05, 4.69) is 6.92 Å². The third-order valence-corrected chi connectivity index (χ3v) is 2.75. The zero-order valence-corrected chi connectivity index (χ0v) is 8.97. The van der Waals surface area contributed by atoms with Crippen molar-refractivity contribution < 1.29 is 9.18 Å². The lowest BCUT2D eigenvalue weighted by Crippen LogP contribution is -2.36. The van der Waals surface area contributed by atoms with Crippen molar-refractivity contribution in [1.29, 1.82) is 0 Å². The molecule has 1 atom stereocenters. The zero-order chi connectivity index (χ0) is 10.4. The van der Waals surface area contributed by atoms with Crippen molar-refractivity contribution in [3.05, 3.63) is 0 Å². The predicted molar refractivity (Wildman–Crippen MR) is 54.9 cm³/mol. The number of rotatable bonds is 4. The highest BCUT2D eigenvalue weighted by atomic mass is 19.1. The van der Waals surface area contributed by atoms with Crippen LogP contribution >= 0.6 is 0 Å². The van der Waals surface area contributed by atoms with E-state index in [4.69, 9.17) is 0 Å². The lowest BCUT2D eigenvalue weighted by atomic mass is 10.2. The molecule has 0 aromatic heterocycles. The van der Waals surface area contributed by atoms with E-state index in [1.165, 1.54) is 0 Å². The van der Waals surface area contributed by atoms with Gasteiger partial charge in [-0.2, -0.15) is 0 Å². The van der Waals surface area contributed by atoms with Crippen LogP contribution in [0, 0.1) is 0 Å². The van der Waals surface area contributed by atoms with Crippen LogP contribution in [-0.2, 0) is 4.79 Å². The van der Waals surface area contributed by atoms with Gasteiger partial charge >= 0.3 is 0 Å². The molecule has 1 amide bonds. The molecular formula is C11H20FNO. The number of halogens is 1. The van der Waals surface area contributed by atoms with Gasteiger partial charge in [0.1, 0.15) is 0 Å². The van der Waals surface area contributed by atoms with Crippen molar-refractivity contribution in [2.24, 2.45) is 0 Å². The minimum Gasteiger partial charge on any atom is -0.340 e. The Morgan fingerprint density at radius 1 is 1.43 bits per heavy atom. The van der Waals surface area contributed by atoms with Gasteiger partial charge in [-0.25, -0.2) is 4.39 Å². The average molecular weight is 201 g/mol. The van der Waals surface area contributed by atoms with Crippen LogP contribution in [0.4, 0.5) is 4.39 Å². The Morgan fingerprint density at radius 3 is 2.93 bits per heavy atom. The van der Waals surface area contributed by atoms with Gasteiger partial charge in [-0.15, -0.1) is 0 Å². The summed E-state index contributed by atoms with van der Waals surface area (Å²) in [5, 5.41) is 0. The van der Waals surface area contributed by atoms with Gasteiger partial charge in [-0.1, -0.05) is 19.8 Å². The van der Waals surface area contributed by atoms with Gasteiger partial charge in [0, 0.05) is 13.1 Å². The summed E-state index contributed by atoms with van der Waals surface area (Å²) in [7, 11) is 0. The van der Waals surface area contributed by atoms with Crippen LogP contribution in [0.2, 0.25) is 0 Å². The Bertz CT molecular complexity index is 184. The number of hydrogen-bond donors (Lipinski definition) is 0. The first-order valence-corrected chi connectivity index (χ1v) is 5.68. The van der Waals surface area contributed by atoms with E-state index in [9.17, 15) is 9.18 Å². The van der Waals surface area contributed by atoms with Crippen LogP contribution in [-0.4, -0.2) is 30.1 Å².